The first-order valence-corrected chi connectivity index (χ1v) is 11.5. The van der Waals surface area contributed by atoms with Crippen LogP contribution in [0, 0.1) is 0 Å². The lowest BCUT2D eigenvalue weighted by Crippen LogP contribution is -2.23. The topological polar surface area (TPSA) is 50.8 Å². The van der Waals surface area contributed by atoms with Crippen LogP contribution in [-0.4, -0.2) is 32.4 Å². The van der Waals surface area contributed by atoms with Gasteiger partial charge in [0.15, 0.2) is 0 Å². The van der Waals surface area contributed by atoms with Crippen LogP contribution in [0.4, 0.5) is 11.4 Å². The fourth-order valence-electron chi connectivity index (χ4n) is 3.59. The van der Waals surface area contributed by atoms with E-state index in [1.165, 1.54) is 4.90 Å². The zero-order valence-corrected chi connectivity index (χ0v) is 18.6. The summed E-state index contributed by atoms with van der Waals surface area (Å²) >= 11 is 1.70. The normalized spacial score (nSPS) is 13.0. The Balaban J connectivity index is 1.52. The van der Waals surface area contributed by atoms with Crippen molar-refractivity contribution in [3.63, 3.8) is 0 Å². The number of nitrogens with zero attached hydrogens (tertiary/aromatic N) is 1. The summed E-state index contributed by atoms with van der Waals surface area (Å²) in [5.74, 6) is 1.42. The van der Waals surface area contributed by atoms with Gasteiger partial charge in [0.05, 0.1) is 19.4 Å². The van der Waals surface area contributed by atoms with Gasteiger partial charge in [-0.2, -0.15) is 0 Å². The van der Waals surface area contributed by atoms with Gasteiger partial charge in [0.25, 0.3) is 5.91 Å². The number of fused-ring (bicyclic) bond motifs is 1. The molecule has 0 bridgehead atoms. The Morgan fingerprint density at radius 1 is 1.13 bits per heavy atom. The molecule has 1 heterocycles. The predicted molar refractivity (Wildman–Crippen MR) is 126 cm³/mol. The summed E-state index contributed by atoms with van der Waals surface area (Å²) in [5.41, 5.74) is 3.65. The van der Waals surface area contributed by atoms with E-state index < -0.39 is 0 Å². The molecule has 3 aromatic carbocycles. The van der Waals surface area contributed by atoms with E-state index in [4.69, 9.17) is 9.47 Å². The Bertz CT molecular complexity index is 1050. The molecular formula is C25H26N2O3S. The average Bonchev–Trinajstić information content (AvgIpc) is 3.05. The van der Waals surface area contributed by atoms with E-state index in [2.05, 4.69) is 28.4 Å². The summed E-state index contributed by atoms with van der Waals surface area (Å²) in [6.45, 7) is 1.93. The second kappa shape index (κ2) is 9.79. The number of amides is 1. The molecule has 0 unspecified atom stereocenters. The quantitative estimate of drug-likeness (QED) is 0.536. The van der Waals surface area contributed by atoms with Crippen molar-refractivity contribution in [3.05, 3.63) is 77.9 Å². The van der Waals surface area contributed by atoms with Crippen molar-refractivity contribution >= 4 is 29.0 Å². The first-order valence-electron chi connectivity index (χ1n) is 10.3. The lowest BCUT2D eigenvalue weighted by atomic mass is 10.1. The Kier molecular flexibility index (Phi) is 6.67. The number of rotatable bonds is 6. The van der Waals surface area contributed by atoms with Gasteiger partial charge in [0.2, 0.25) is 0 Å². The molecule has 0 aliphatic carbocycles. The number of ether oxygens (including phenoxy) is 2. The van der Waals surface area contributed by atoms with E-state index in [1.807, 2.05) is 54.8 Å². The van der Waals surface area contributed by atoms with Crippen LogP contribution in [0.3, 0.4) is 0 Å². The molecule has 0 fully saturated rings. The molecule has 5 nitrogen and oxygen atoms in total. The second-order valence-corrected chi connectivity index (χ2v) is 8.15. The van der Waals surface area contributed by atoms with Gasteiger partial charge in [-0.3, -0.25) is 4.79 Å². The SMILES string of the molecule is COc1cccc(N2CCCOc3cc(C(=O)NCc4ccc(SC)cc4)ccc32)c1. The van der Waals surface area contributed by atoms with Crippen LogP contribution in [-0.2, 0) is 6.54 Å². The van der Waals surface area contributed by atoms with Gasteiger partial charge >= 0.3 is 0 Å². The number of anilines is 2. The van der Waals surface area contributed by atoms with Crippen LogP contribution in [0.5, 0.6) is 11.5 Å². The predicted octanol–water partition coefficient (Wildman–Crippen LogP) is 5.27. The van der Waals surface area contributed by atoms with Crippen LogP contribution in [0.15, 0.2) is 71.6 Å². The molecule has 0 saturated carbocycles. The van der Waals surface area contributed by atoms with Gasteiger partial charge in [-0.1, -0.05) is 18.2 Å². The van der Waals surface area contributed by atoms with E-state index in [0.717, 1.165) is 41.4 Å². The minimum atomic E-state index is -0.113. The Labute approximate surface area is 187 Å². The molecule has 160 valence electrons. The van der Waals surface area contributed by atoms with Gasteiger partial charge in [-0.15, -0.1) is 11.8 Å². The van der Waals surface area contributed by atoms with Crippen molar-refractivity contribution in [2.24, 2.45) is 0 Å². The van der Waals surface area contributed by atoms with Gasteiger partial charge in [0, 0.05) is 35.3 Å². The van der Waals surface area contributed by atoms with Crippen molar-refractivity contribution in [3.8, 4) is 11.5 Å². The fourth-order valence-corrected chi connectivity index (χ4v) is 4.00. The third kappa shape index (κ3) is 4.97. The number of nitrogens with one attached hydrogen (secondary N) is 1. The van der Waals surface area contributed by atoms with Crippen molar-refractivity contribution in [1.29, 1.82) is 0 Å². The first-order chi connectivity index (χ1) is 15.2. The third-order valence-corrected chi connectivity index (χ3v) is 6.02. The van der Waals surface area contributed by atoms with Gasteiger partial charge < -0.3 is 19.7 Å². The monoisotopic (exact) mass is 434 g/mol. The summed E-state index contributed by atoms with van der Waals surface area (Å²) in [4.78, 5) is 16.2. The van der Waals surface area contributed by atoms with Crippen molar-refractivity contribution in [1.82, 2.24) is 5.32 Å². The summed E-state index contributed by atoms with van der Waals surface area (Å²) in [5, 5.41) is 3.00. The molecule has 0 radical (unpaired) electrons. The van der Waals surface area contributed by atoms with Crippen LogP contribution in [0.25, 0.3) is 0 Å². The van der Waals surface area contributed by atoms with E-state index in [-0.39, 0.29) is 5.91 Å². The molecule has 31 heavy (non-hydrogen) atoms. The number of carbonyl (C=O) groups excluding carboxylic acids is 1. The summed E-state index contributed by atoms with van der Waals surface area (Å²) < 4.78 is 11.4. The first kappa shape index (κ1) is 21.1. The Morgan fingerprint density at radius 2 is 1.97 bits per heavy atom. The minimum absolute atomic E-state index is 0.113. The van der Waals surface area contributed by atoms with E-state index in [0.29, 0.717) is 18.7 Å². The molecule has 1 aliphatic rings. The molecule has 0 atom stereocenters. The summed E-state index contributed by atoms with van der Waals surface area (Å²) in [6, 6.07) is 21.8. The van der Waals surface area contributed by atoms with E-state index in [9.17, 15) is 4.79 Å². The minimum Gasteiger partial charge on any atom is -0.497 e. The van der Waals surface area contributed by atoms with Gasteiger partial charge in [-0.05, 0) is 60.7 Å². The molecule has 0 spiro atoms. The molecule has 1 N–H and O–H groups in total. The van der Waals surface area contributed by atoms with Crippen molar-refractivity contribution < 1.29 is 14.3 Å². The average molecular weight is 435 g/mol. The maximum Gasteiger partial charge on any atom is 0.251 e. The highest BCUT2D eigenvalue weighted by Gasteiger charge is 2.20. The van der Waals surface area contributed by atoms with E-state index in [1.54, 1.807) is 18.9 Å². The number of thioether (sulfide) groups is 1. The van der Waals surface area contributed by atoms with Crippen LogP contribution in [0.1, 0.15) is 22.3 Å². The molecule has 0 saturated heterocycles. The number of methoxy groups -OCH3 is 1. The Morgan fingerprint density at radius 3 is 2.74 bits per heavy atom. The zero-order valence-electron chi connectivity index (χ0n) is 17.8. The zero-order chi connectivity index (χ0) is 21.6. The molecule has 4 rings (SSSR count). The maximum atomic E-state index is 12.7. The fraction of sp³-hybridized carbons (Fsp3) is 0.240. The summed E-state index contributed by atoms with van der Waals surface area (Å²) in [6.07, 6.45) is 2.94. The van der Waals surface area contributed by atoms with Crippen LogP contribution < -0.4 is 19.7 Å². The molecule has 3 aromatic rings. The highest BCUT2D eigenvalue weighted by atomic mass is 32.2. The maximum absolute atomic E-state index is 12.7. The molecule has 1 aliphatic heterocycles. The lowest BCUT2D eigenvalue weighted by molar-refractivity contribution is 0.0950. The van der Waals surface area contributed by atoms with Gasteiger partial charge in [0.1, 0.15) is 11.5 Å². The summed E-state index contributed by atoms with van der Waals surface area (Å²) in [7, 11) is 1.67. The molecule has 0 aromatic heterocycles. The Hall–Kier alpha value is -3.12. The third-order valence-electron chi connectivity index (χ3n) is 5.27. The second-order valence-electron chi connectivity index (χ2n) is 7.27. The molecular weight excluding hydrogens is 408 g/mol. The standard InChI is InChI=1S/C25H26N2O3S/c1-29-21-6-3-5-20(16-21)27-13-4-14-30-24-15-19(9-12-23(24)27)25(28)26-17-18-7-10-22(31-2)11-8-18/h3,5-12,15-16H,4,13-14,17H2,1-2H3,(H,26,28). The smallest absolute Gasteiger partial charge is 0.251 e. The van der Waals surface area contributed by atoms with Crippen LogP contribution >= 0.6 is 11.8 Å². The largest absolute Gasteiger partial charge is 0.497 e. The highest BCUT2D eigenvalue weighted by Crippen LogP contribution is 2.37. The van der Waals surface area contributed by atoms with Crippen LogP contribution in [0.2, 0.25) is 0 Å². The van der Waals surface area contributed by atoms with Gasteiger partial charge in [-0.25, -0.2) is 0 Å². The number of hydrogen-bond acceptors (Lipinski definition) is 5. The lowest BCUT2D eigenvalue weighted by Gasteiger charge is -2.24. The number of carbonyl (C=O) groups is 1. The van der Waals surface area contributed by atoms with Crippen molar-refractivity contribution in [2.45, 2.75) is 17.9 Å². The molecule has 6 heteroatoms. The molecule has 1 amide bonds. The number of hydrogen-bond donors (Lipinski definition) is 1. The number of benzene rings is 3. The van der Waals surface area contributed by atoms with E-state index >= 15 is 0 Å². The van der Waals surface area contributed by atoms with Crippen molar-refractivity contribution in [2.75, 3.05) is 31.4 Å². The highest BCUT2D eigenvalue weighted by molar-refractivity contribution is 7.98.